The molecular formula is C10H15ClN2O2. The molecule has 5 heteroatoms. The number of carbonyl (C=O) groups is 1. The average molecular weight is 231 g/mol. The van der Waals surface area contributed by atoms with Crippen molar-refractivity contribution in [2.75, 3.05) is 7.11 Å². The van der Waals surface area contributed by atoms with Crippen LogP contribution >= 0.6 is 11.6 Å². The van der Waals surface area contributed by atoms with Crippen molar-refractivity contribution in [2.45, 2.75) is 26.2 Å². The lowest BCUT2D eigenvalue weighted by Crippen LogP contribution is -2.07. The summed E-state index contributed by atoms with van der Waals surface area (Å²) in [6.45, 7) is 4.05. The SMILES string of the molecule is CCC(C)c1c(C(=O)OC)nn(C)c1Cl. The number of halogens is 1. The van der Waals surface area contributed by atoms with Crippen molar-refractivity contribution in [3.63, 3.8) is 0 Å². The zero-order chi connectivity index (χ0) is 11.6. The van der Waals surface area contributed by atoms with Crippen LogP contribution in [0.25, 0.3) is 0 Å². The van der Waals surface area contributed by atoms with Crippen LogP contribution in [0, 0.1) is 0 Å². The molecule has 0 bridgehead atoms. The summed E-state index contributed by atoms with van der Waals surface area (Å²) >= 11 is 6.08. The highest BCUT2D eigenvalue weighted by atomic mass is 35.5. The third-order valence-corrected chi connectivity index (χ3v) is 2.94. The van der Waals surface area contributed by atoms with Gasteiger partial charge in [-0.2, -0.15) is 5.10 Å². The van der Waals surface area contributed by atoms with Crippen LogP contribution in [0.5, 0.6) is 0 Å². The van der Waals surface area contributed by atoms with Crippen LogP contribution in [0.2, 0.25) is 5.15 Å². The minimum atomic E-state index is -0.437. The Morgan fingerprint density at radius 1 is 1.67 bits per heavy atom. The largest absolute Gasteiger partial charge is 0.464 e. The molecule has 1 heterocycles. The fourth-order valence-electron chi connectivity index (χ4n) is 1.41. The van der Waals surface area contributed by atoms with Gasteiger partial charge in [-0.15, -0.1) is 0 Å². The molecule has 1 aromatic heterocycles. The molecule has 0 amide bonds. The molecule has 0 aliphatic rings. The Morgan fingerprint density at radius 2 is 2.27 bits per heavy atom. The van der Waals surface area contributed by atoms with Crippen molar-refractivity contribution in [1.82, 2.24) is 9.78 Å². The van der Waals surface area contributed by atoms with Crippen LogP contribution < -0.4 is 0 Å². The van der Waals surface area contributed by atoms with E-state index in [1.165, 1.54) is 11.8 Å². The van der Waals surface area contributed by atoms with Crippen LogP contribution in [0.4, 0.5) is 0 Å². The van der Waals surface area contributed by atoms with Crippen LogP contribution in [0.15, 0.2) is 0 Å². The maximum Gasteiger partial charge on any atom is 0.358 e. The minimum Gasteiger partial charge on any atom is -0.464 e. The van der Waals surface area contributed by atoms with E-state index in [1.54, 1.807) is 7.05 Å². The molecule has 15 heavy (non-hydrogen) atoms. The molecule has 84 valence electrons. The molecule has 1 aromatic rings. The zero-order valence-corrected chi connectivity index (χ0v) is 10.1. The summed E-state index contributed by atoms with van der Waals surface area (Å²) in [5.41, 5.74) is 1.09. The molecule has 0 aliphatic carbocycles. The maximum absolute atomic E-state index is 11.5. The maximum atomic E-state index is 11.5. The Hall–Kier alpha value is -1.03. The molecule has 1 unspecified atom stereocenters. The Kier molecular flexibility index (Phi) is 3.74. The fraction of sp³-hybridized carbons (Fsp3) is 0.600. The highest BCUT2D eigenvalue weighted by Crippen LogP contribution is 2.29. The van der Waals surface area contributed by atoms with Gasteiger partial charge in [-0.3, -0.25) is 4.68 Å². The van der Waals surface area contributed by atoms with Gasteiger partial charge in [0.05, 0.1) is 7.11 Å². The van der Waals surface area contributed by atoms with Gasteiger partial charge >= 0.3 is 5.97 Å². The molecule has 0 fully saturated rings. The highest BCUT2D eigenvalue weighted by Gasteiger charge is 2.24. The summed E-state index contributed by atoms with van der Waals surface area (Å²) in [4.78, 5) is 11.5. The highest BCUT2D eigenvalue weighted by molar-refractivity contribution is 6.30. The first-order chi connectivity index (χ1) is 7.02. The van der Waals surface area contributed by atoms with Crippen LogP contribution in [0.1, 0.15) is 42.2 Å². The smallest absolute Gasteiger partial charge is 0.358 e. The summed E-state index contributed by atoms with van der Waals surface area (Å²) in [5.74, 6) is -0.242. The molecule has 0 spiro atoms. The van der Waals surface area contributed by atoms with E-state index in [1.807, 2.05) is 13.8 Å². The zero-order valence-electron chi connectivity index (χ0n) is 9.37. The van der Waals surface area contributed by atoms with Crippen LogP contribution in [-0.4, -0.2) is 22.9 Å². The first kappa shape index (κ1) is 12.0. The Labute approximate surface area is 94.2 Å². The third-order valence-electron chi connectivity index (χ3n) is 2.50. The second kappa shape index (κ2) is 4.66. The summed E-state index contributed by atoms with van der Waals surface area (Å²) in [7, 11) is 3.05. The standard InChI is InChI=1S/C10H15ClN2O2/c1-5-6(2)7-8(10(14)15-4)12-13(3)9(7)11/h6H,5H2,1-4H3. The van der Waals surface area contributed by atoms with Gasteiger partial charge in [-0.25, -0.2) is 4.79 Å². The predicted octanol–water partition coefficient (Wildman–Crippen LogP) is 2.37. The van der Waals surface area contributed by atoms with Gasteiger partial charge < -0.3 is 4.74 Å². The van der Waals surface area contributed by atoms with Gasteiger partial charge in [0, 0.05) is 12.6 Å². The molecule has 0 saturated carbocycles. The third kappa shape index (κ3) is 2.15. The van der Waals surface area contributed by atoms with Gasteiger partial charge in [-0.05, 0) is 12.3 Å². The normalized spacial score (nSPS) is 12.6. The number of rotatable bonds is 3. The number of aryl methyl sites for hydroxylation is 1. The van der Waals surface area contributed by atoms with Gasteiger partial charge in [0.2, 0.25) is 0 Å². The van der Waals surface area contributed by atoms with E-state index in [0.717, 1.165) is 12.0 Å². The summed E-state index contributed by atoms with van der Waals surface area (Å²) in [5, 5.41) is 4.56. The lowest BCUT2D eigenvalue weighted by atomic mass is 9.99. The Balaban J connectivity index is 3.26. The summed E-state index contributed by atoms with van der Waals surface area (Å²) < 4.78 is 6.16. The van der Waals surface area contributed by atoms with Crippen molar-refractivity contribution in [3.05, 3.63) is 16.4 Å². The number of ether oxygens (including phenoxy) is 1. The topological polar surface area (TPSA) is 44.1 Å². The van der Waals surface area contributed by atoms with Gasteiger partial charge in [0.1, 0.15) is 5.15 Å². The van der Waals surface area contributed by atoms with Gasteiger partial charge in [-0.1, -0.05) is 25.4 Å². The first-order valence-corrected chi connectivity index (χ1v) is 5.21. The summed E-state index contributed by atoms with van der Waals surface area (Å²) in [6.07, 6.45) is 0.898. The average Bonchev–Trinajstić information content (AvgIpc) is 2.53. The molecule has 1 atom stereocenters. The van der Waals surface area contributed by atoms with E-state index in [0.29, 0.717) is 10.8 Å². The van der Waals surface area contributed by atoms with Crippen LogP contribution in [-0.2, 0) is 11.8 Å². The van der Waals surface area contributed by atoms with Crippen molar-refractivity contribution >= 4 is 17.6 Å². The number of methoxy groups -OCH3 is 1. The molecular weight excluding hydrogens is 216 g/mol. The molecule has 1 rings (SSSR count). The quantitative estimate of drug-likeness (QED) is 0.749. The number of nitrogens with zero attached hydrogens (tertiary/aromatic N) is 2. The number of esters is 1. The van der Waals surface area contributed by atoms with E-state index in [4.69, 9.17) is 11.6 Å². The molecule has 0 aromatic carbocycles. The fourth-order valence-corrected chi connectivity index (χ4v) is 1.72. The lowest BCUT2D eigenvalue weighted by molar-refractivity contribution is 0.0591. The van der Waals surface area contributed by atoms with Crippen molar-refractivity contribution < 1.29 is 9.53 Å². The molecule has 4 nitrogen and oxygen atoms in total. The Morgan fingerprint density at radius 3 is 2.73 bits per heavy atom. The van der Waals surface area contributed by atoms with E-state index in [9.17, 15) is 4.79 Å². The van der Waals surface area contributed by atoms with Crippen molar-refractivity contribution in [2.24, 2.45) is 7.05 Å². The molecule has 0 aliphatic heterocycles. The van der Waals surface area contributed by atoms with E-state index in [-0.39, 0.29) is 5.92 Å². The van der Waals surface area contributed by atoms with Crippen LogP contribution in [0.3, 0.4) is 0 Å². The van der Waals surface area contributed by atoms with Gasteiger partial charge in [0.15, 0.2) is 5.69 Å². The monoisotopic (exact) mass is 230 g/mol. The van der Waals surface area contributed by atoms with E-state index < -0.39 is 5.97 Å². The second-order valence-corrected chi connectivity index (χ2v) is 3.84. The van der Waals surface area contributed by atoms with Crippen molar-refractivity contribution in [3.8, 4) is 0 Å². The second-order valence-electron chi connectivity index (χ2n) is 3.48. The number of aromatic nitrogens is 2. The van der Waals surface area contributed by atoms with E-state index in [2.05, 4.69) is 9.84 Å². The lowest BCUT2D eigenvalue weighted by Gasteiger charge is -2.08. The number of hydrogen-bond acceptors (Lipinski definition) is 3. The number of hydrogen-bond donors (Lipinski definition) is 0. The summed E-state index contributed by atoms with van der Waals surface area (Å²) in [6, 6.07) is 0. The molecule has 0 N–H and O–H groups in total. The van der Waals surface area contributed by atoms with E-state index >= 15 is 0 Å². The first-order valence-electron chi connectivity index (χ1n) is 4.83. The molecule has 0 saturated heterocycles. The Bertz CT molecular complexity index is 374. The molecule has 0 radical (unpaired) electrons. The van der Waals surface area contributed by atoms with Crippen molar-refractivity contribution in [1.29, 1.82) is 0 Å². The minimum absolute atomic E-state index is 0.195. The van der Waals surface area contributed by atoms with Gasteiger partial charge in [0.25, 0.3) is 0 Å². The predicted molar refractivity (Wildman–Crippen MR) is 58.3 cm³/mol. The number of carbonyl (C=O) groups excluding carboxylic acids is 1.